The second kappa shape index (κ2) is 7.32. The van der Waals surface area contributed by atoms with E-state index in [1.165, 1.54) is 11.3 Å². The number of hydrogen-bond acceptors (Lipinski definition) is 6. The highest BCUT2D eigenvalue weighted by molar-refractivity contribution is 7.13. The number of thiazole rings is 1. The van der Waals surface area contributed by atoms with E-state index in [-0.39, 0.29) is 18.2 Å². The lowest BCUT2D eigenvalue weighted by Crippen LogP contribution is -2.42. The summed E-state index contributed by atoms with van der Waals surface area (Å²) in [4.78, 5) is 29.4. The first-order chi connectivity index (χ1) is 9.66. The van der Waals surface area contributed by atoms with Gasteiger partial charge in [-0.25, -0.2) is 4.98 Å². The van der Waals surface area contributed by atoms with Crippen molar-refractivity contribution in [1.82, 2.24) is 9.88 Å². The molecule has 1 aliphatic rings. The normalized spacial score (nSPS) is 16.8. The molecule has 1 saturated heterocycles. The molecule has 1 aliphatic heterocycles. The summed E-state index contributed by atoms with van der Waals surface area (Å²) >= 11 is 1.33. The van der Waals surface area contributed by atoms with Crippen LogP contribution in [0.15, 0.2) is 11.6 Å². The fourth-order valence-electron chi connectivity index (χ4n) is 1.86. The number of aromatic nitrogens is 1. The van der Waals surface area contributed by atoms with E-state index in [4.69, 9.17) is 10.5 Å². The Kier molecular flexibility index (Phi) is 5.45. The molecule has 1 aromatic rings. The summed E-state index contributed by atoms with van der Waals surface area (Å²) in [5.74, 6) is -0.291. The number of ether oxygens (including phenoxy) is 1. The van der Waals surface area contributed by atoms with Crippen molar-refractivity contribution >= 4 is 28.3 Å². The molecule has 2 heterocycles. The maximum absolute atomic E-state index is 11.9. The summed E-state index contributed by atoms with van der Waals surface area (Å²) in [5, 5.41) is 4.91. The first kappa shape index (κ1) is 14.9. The van der Waals surface area contributed by atoms with E-state index in [2.05, 4.69) is 10.3 Å². The molecule has 2 amide bonds. The van der Waals surface area contributed by atoms with E-state index in [9.17, 15) is 9.59 Å². The summed E-state index contributed by atoms with van der Waals surface area (Å²) in [5.41, 5.74) is 5.78. The van der Waals surface area contributed by atoms with Crippen LogP contribution in [0.5, 0.6) is 0 Å². The summed E-state index contributed by atoms with van der Waals surface area (Å²) in [6.07, 6.45) is 2.20. The van der Waals surface area contributed by atoms with Crippen LogP contribution >= 0.6 is 11.3 Å². The molecule has 0 unspecified atom stereocenters. The van der Waals surface area contributed by atoms with Crippen molar-refractivity contribution in [3.8, 4) is 0 Å². The third-order valence-corrected chi connectivity index (χ3v) is 3.72. The van der Waals surface area contributed by atoms with Gasteiger partial charge in [-0.1, -0.05) is 0 Å². The smallest absolute Gasteiger partial charge is 0.243 e. The Morgan fingerprint density at radius 3 is 2.90 bits per heavy atom. The van der Waals surface area contributed by atoms with Gasteiger partial charge >= 0.3 is 0 Å². The van der Waals surface area contributed by atoms with Crippen LogP contribution in [0.4, 0.5) is 5.13 Å². The highest BCUT2D eigenvalue weighted by atomic mass is 32.1. The predicted octanol–water partition coefficient (Wildman–Crippen LogP) is 0.0479. The molecular weight excluding hydrogens is 280 g/mol. The zero-order valence-corrected chi connectivity index (χ0v) is 11.9. The first-order valence-electron chi connectivity index (χ1n) is 6.48. The minimum Gasteiger partial charge on any atom is -0.378 e. The number of nitrogens with one attached hydrogen (secondary N) is 1. The number of anilines is 1. The number of carbonyl (C=O) groups excluding carboxylic acids is 2. The van der Waals surface area contributed by atoms with Crippen LogP contribution < -0.4 is 11.1 Å². The Hall–Kier alpha value is -1.51. The van der Waals surface area contributed by atoms with Crippen LogP contribution in [0.2, 0.25) is 0 Å². The number of nitrogens with two attached hydrogens (primary N) is 1. The van der Waals surface area contributed by atoms with Gasteiger partial charge in [0, 0.05) is 31.1 Å². The minimum absolute atomic E-state index is 0.0193. The Morgan fingerprint density at radius 1 is 1.50 bits per heavy atom. The van der Waals surface area contributed by atoms with Crippen molar-refractivity contribution in [3.05, 3.63) is 11.6 Å². The molecule has 110 valence electrons. The van der Waals surface area contributed by atoms with Gasteiger partial charge in [-0.2, -0.15) is 0 Å². The Bertz CT molecular complexity index is 446. The van der Waals surface area contributed by atoms with Gasteiger partial charge in [-0.15, -0.1) is 11.3 Å². The molecule has 0 aliphatic carbocycles. The Morgan fingerprint density at radius 2 is 2.25 bits per heavy atom. The van der Waals surface area contributed by atoms with Crippen LogP contribution in [0.3, 0.4) is 0 Å². The molecular formula is C12H18N4O3S. The fraction of sp³-hybridized carbons (Fsp3) is 0.583. The monoisotopic (exact) mass is 298 g/mol. The molecule has 7 nitrogen and oxygen atoms in total. The van der Waals surface area contributed by atoms with Gasteiger partial charge in [-0.3, -0.25) is 9.59 Å². The van der Waals surface area contributed by atoms with E-state index in [0.717, 1.165) is 0 Å². The molecule has 8 heteroatoms. The van der Waals surface area contributed by atoms with Crippen molar-refractivity contribution < 1.29 is 14.3 Å². The largest absolute Gasteiger partial charge is 0.378 e. The summed E-state index contributed by atoms with van der Waals surface area (Å²) in [6.45, 7) is 2.36. The van der Waals surface area contributed by atoms with Crippen molar-refractivity contribution in [2.45, 2.75) is 18.9 Å². The van der Waals surface area contributed by atoms with Crippen molar-refractivity contribution in [2.75, 3.05) is 31.6 Å². The zero-order valence-electron chi connectivity index (χ0n) is 11.1. The lowest BCUT2D eigenvalue weighted by molar-refractivity contribution is -0.135. The second-order valence-corrected chi connectivity index (χ2v) is 5.36. The van der Waals surface area contributed by atoms with Crippen molar-refractivity contribution in [1.29, 1.82) is 0 Å². The van der Waals surface area contributed by atoms with Crippen LogP contribution in [-0.2, 0) is 14.3 Å². The first-order valence-corrected chi connectivity index (χ1v) is 7.36. The molecule has 1 aromatic heterocycles. The molecule has 20 heavy (non-hydrogen) atoms. The minimum atomic E-state index is -0.705. The van der Waals surface area contributed by atoms with E-state index in [0.29, 0.717) is 37.9 Å². The van der Waals surface area contributed by atoms with Crippen LogP contribution in [0.25, 0.3) is 0 Å². The topological polar surface area (TPSA) is 97.5 Å². The van der Waals surface area contributed by atoms with Gasteiger partial charge in [0.05, 0.1) is 19.3 Å². The Balaban J connectivity index is 1.72. The summed E-state index contributed by atoms with van der Waals surface area (Å²) < 4.78 is 5.18. The highest BCUT2D eigenvalue weighted by Crippen LogP contribution is 2.11. The molecule has 0 bridgehead atoms. The maximum atomic E-state index is 11.9. The number of nitrogens with zero attached hydrogens (tertiary/aromatic N) is 2. The average molecular weight is 298 g/mol. The second-order valence-electron chi connectivity index (χ2n) is 4.46. The quantitative estimate of drug-likeness (QED) is 0.800. The molecule has 0 saturated carbocycles. The van der Waals surface area contributed by atoms with Gasteiger partial charge < -0.3 is 20.7 Å². The van der Waals surface area contributed by atoms with E-state index >= 15 is 0 Å². The van der Waals surface area contributed by atoms with Gasteiger partial charge in [-0.05, 0) is 6.42 Å². The number of hydrogen-bond donors (Lipinski definition) is 2. The van der Waals surface area contributed by atoms with Gasteiger partial charge in [0.15, 0.2) is 5.13 Å². The third-order valence-electron chi connectivity index (χ3n) is 3.03. The van der Waals surface area contributed by atoms with Gasteiger partial charge in [0.2, 0.25) is 11.8 Å². The summed E-state index contributed by atoms with van der Waals surface area (Å²) in [6, 6.07) is -0.705. The van der Waals surface area contributed by atoms with Crippen LogP contribution in [0.1, 0.15) is 12.8 Å². The van der Waals surface area contributed by atoms with Crippen LogP contribution in [0, 0.1) is 0 Å². The SMILES string of the molecule is N[C@@H](CCC(=O)N1CCOCC1)C(=O)Nc1nccs1. The molecule has 0 radical (unpaired) electrons. The van der Waals surface area contributed by atoms with E-state index in [1.807, 2.05) is 0 Å². The highest BCUT2D eigenvalue weighted by Gasteiger charge is 2.20. The van der Waals surface area contributed by atoms with Crippen molar-refractivity contribution in [2.24, 2.45) is 5.73 Å². The molecule has 3 N–H and O–H groups in total. The lowest BCUT2D eigenvalue weighted by atomic mass is 10.1. The van der Waals surface area contributed by atoms with Gasteiger partial charge in [0.25, 0.3) is 0 Å². The fourth-order valence-corrected chi connectivity index (χ4v) is 2.40. The molecule has 0 spiro atoms. The standard InChI is InChI=1S/C12H18N4O3S/c13-9(11(18)15-12-14-3-8-20-12)1-2-10(17)16-4-6-19-7-5-16/h3,8-9H,1-2,4-7,13H2,(H,14,15,18)/t9-/m0/s1. The molecule has 2 rings (SSSR count). The number of carbonyl (C=O) groups is 2. The zero-order chi connectivity index (χ0) is 14.4. The van der Waals surface area contributed by atoms with Crippen molar-refractivity contribution in [3.63, 3.8) is 0 Å². The van der Waals surface area contributed by atoms with E-state index < -0.39 is 6.04 Å². The molecule has 0 aromatic carbocycles. The maximum Gasteiger partial charge on any atom is 0.243 e. The van der Waals surface area contributed by atoms with E-state index in [1.54, 1.807) is 16.5 Å². The molecule has 1 fully saturated rings. The Labute approximate surface area is 121 Å². The van der Waals surface area contributed by atoms with Crippen LogP contribution in [-0.4, -0.2) is 54.0 Å². The van der Waals surface area contributed by atoms with Gasteiger partial charge in [0.1, 0.15) is 0 Å². The average Bonchev–Trinajstić information content (AvgIpc) is 2.98. The lowest BCUT2D eigenvalue weighted by Gasteiger charge is -2.27. The number of amides is 2. The molecule has 1 atom stereocenters. The third kappa shape index (κ3) is 4.26. The summed E-state index contributed by atoms with van der Waals surface area (Å²) in [7, 11) is 0. The number of morpholine rings is 1. The predicted molar refractivity (Wildman–Crippen MR) is 75.4 cm³/mol. The number of rotatable bonds is 5.